The van der Waals surface area contributed by atoms with Crippen molar-refractivity contribution in [2.24, 2.45) is 10.7 Å². The highest BCUT2D eigenvalue weighted by Gasteiger charge is 2.41. The Balaban J connectivity index is 2.24. The van der Waals surface area contributed by atoms with Gasteiger partial charge in [-0.2, -0.15) is 13.2 Å². The average Bonchev–Trinajstić information content (AvgIpc) is 3.16. The van der Waals surface area contributed by atoms with Gasteiger partial charge < -0.3 is 15.6 Å². The molecule has 3 N–H and O–H groups in total. The largest absolute Gasteiger partial charge is 0.481 e. The lowest BCUT2D eigenvalue weighted by Gasteiger charge is -2.13. The maximum atomic E-state index is 13.4. The fourth-order valence-corrected chi connectivity index (χ4v) is 2.50. The van der Waals surface area contributed by atoms with Gasteiger partial charge in [-0.3, -0.25) is 9.48 Å². The Hall–Kier alpha value is -3.70. The predicted octanol–water partition coefficient (Wildman–Crippen LogP) is 2.85. The van der Waals surface area contributed by atoms with Crippen LogP contribution in [0.3, 0.4) is 0 Å². The van der Waals surface area contributed by atoms with Gasteiger partial charge in [-0.05, 0) is 25.5 Å². The molecule has 0 saturated carbocycles. The molecule has 0 aliphatic carbocycles. The van der Waals surface area contributed by atoms with E-state index >= 15 is 0 Å². The van der Waals surface area contributed by atoms with E-state index in [1.165, 1.54) is 35.9 Å². The van der Waals surface area contributed by atoms with Crippen LogP contribution >= 0.6 is 0 Å². The molecule has 0 aliphatic rings. The highest BCUT2D eigenvalue weighted by molar-refractivity contribution is 6.22. The number of hydrogen-bond acceptors (Lipinski definition) is 7. The normalized spacial score (nSPS) is 12.6. The Morgan fingerprint density at radius 2 is 1.97 bits per heavy atom. The number of nitrogens with two attached hydrogens (primary N) is 1. The number of ether oxygens (including phenoxy) is 1. The van der Waals surface area contributed by atoms with Crippen molar-refractivity contribution >= 4 is 23.3 Å². The molecule has 31 heavy (non-hydrogen) atoms. The molecule has 0 saturated heterocycles. The molecule has 0 atom stereocenters. The number of aryl methyl sites for hydroxylation is 1. The van der Waals surface area contributed by atoms with Crippen LogP contribution in [0.15, 0.2) is 47.2 Å². The van der Waals surface area contributed by atoms with E-state index < -0.39 is 29.4 Å². The number of carboxylic acid groups (broad SMARTS) is 1. The van der Waals surface area contributed by atoms with Crippen molar-refractivity contribution in [1.82, 2.24) is 15.0 Å². The van der Waals surface area contributed by atoms with Crippen LogP contribution in [0.5, 0.6) is 0 Å². The maximum absolute atomic E-state index is 13.4. The zero-order chi connectivity index (χ0) is 23.0. The first-order valence-corrected chi connectivity index (χ1v) is 9.13. The molecule has 1 aromatic heterocycles. The van der Waals surface area contributed by atoms with E-state index in [0.29, 0.717) is 30.4 Å². The van der Waals surface area contributed by atoms with Crippen molar-refractivity contribution in [3.63, 3.8) is 0 Å². The summed E-state index contributed by atoms with van der Waals surface area (Å²) in [4.78, 5) is 25.9. The third-order valence-electron chi connectivity index (χ3n) is 3.91. The zero-order valence-corrected chi connectivity index (χ0v) is 16.5. The summed E-state index contributed by atoms with van der Waals surface area (Å²) in [5.74, 6) is -2.14. The molecule has 166 valence electrons. The van der Waals surface area contributed by atoms with Gasteiger partial charge >= 0.3 is 18.1 Å². The first-order valence-electron chi connectivity index (χ1n) is 9.13. The molecular formula is C19H20F3N5O4. The maximum Gasteiger partial charge on any atom is 0.434 e. The Morgan fingerprint density at radius 3 is 2.52 bits per heavy atom. The molecule has 0 amide bonds. The zero-order valence-electron chi connectivity index (χ0n) is 16.5. The third-order valence-corrected chi connectivity index (χ3v) is 3.91. The summed E-state index contributed by atoms with van der Waals surface area (Å²) in [5.41, 5.74) is 3.82. The molecule has 1 heterocycles. The van der Waals surface area contributed by atoms with Crippen LogP contribution in [0.25, 0.3) is 11.3 Å². The second-order valence-corrected chi connectivity index (χ2v) is 6.17. The van der Waals surface area contributed by atoms with Crippen molar-refractivity contribution in [3.05, 3.63) is 42.2 Å². The SMILES string of the molecule is CCOC(=O)C(=CN)C(=Nc1ccc(-c2cn(CCCC(=O)O)nn2)cc1)C(F)(F)F. The molecule has 0 aliphatic heterocycles. The summed E-state index contributed by atoms with van der Waals surface area (Å²) in [6.07, 6.45) is -2.45. The van der Waals surface area contributed by atoms with Crippen molar-refractivity contribution < 1.29 is 32.6 Å². The van der Waals surface area contributed by atoms with E-state index in [1.807, 2.05) is 0 Å². The quantitative estimate of drug-likeness (QED) is 0.349. The van der Waals surface area contributed by atoms with Crippen LogP contribution in [0.1, 0.15) is 19.8 Å². The number of esters is 1. The average molecular weight is 439 g/mol. The van der Waals surface area contributed by atoms with E-state index in [4.69, 9.17) is 10.8 Å². The standard InChI is InChI=1S/C19H20F3N5O4/c1-2-31-18(30)14(10-23)17(19(20,21)22)24-13-7-5-12(6-8-13)15-11-27(26-25-15)9-3-4-16(28)29/h5-8,10-11H,2-4,9,23H2,1H3,(H,28,29). The van der Waals surface area contributed by atoms with Gasteiger partial charge in [0.1, 0.15) is 11.3 Å². The van der Waals surface area contributed by atoms with Gasteiger partial charge in [0.2, 0.25) is 0 Å². The first-order chi connectivity index (χ1) is 14.7. The summed E-state index contributed by atoms with van der Waals surface area (Å²) < 4.78 is 46.4. The molecule has 0 fully saturated rings. The predicted molar refractivity (Wildman–Crippen MR) is 104 cm³/mol. The minimum Gasteiger partial charge on any atom is -0.481 e. The van der Waals surface area contributed by atoms with Crippen LogP contribution in [-0.4, -0.2) is 50.5 Å². The van der Waals surface area contributed by atoms with E-state index in [9.17, 15) is 22.8 Å². The van der Waals surface area contributed by atoms with Crippen molar-refractivity contribution in [3.8, 4) is 11.3 Å². The monoisotopic (exact) mass is 439 g/mol. The number of rotatable bonds is 9. The van der Waals surface area contributed by atoms with Crippen molar-refractivity contribution in [2.45, 2.75) is 32.5 Å². The lowest BCUT2D eigenvalue weighted by Crippen LogP contribution is -2.30. The second kappa shape index (κ2) is 10.4. The minimum atomic E-state index is -4.94. The van der Waals surface area contributed by atoms with E-state index in [2.05, 4.69) is 20.0 Å². The second-order valence-electron chi connectivity index (χ2n) is 6.17. The molecule has 9 nitrogen and oxygen atoms in total. The number of carboxylic acids is 1. The number of nitrogens with zero attached hydrogens (tertiary/aromatic N) is 4. The van der Waals surface area contributed by atoms with Crippen molar-refractivity contribution in [1.29, 1.82) is 0 Å². The number of carbonyl (C=O) groups excluding carboxylic acids is 1. The molecule has 2 aromatic rings. The lowest BCUT2D eigenvalue weighted by molar-refractivity contribution is -0.138. The topological polar surface area (TPSA) is 133 Å². The molecule has 1 aromatic carbocycles. The smallest absolute Gasteiger partial charge is 0.434 e. The van der Waals surface area contributed by atoms with Crippen molar-refractivity contribution in [2.75, 3.05) is 6.61 Å². The van der Waals surface area contributed by atoms with E-state index in [0.717, 1.165) is 0 Å². The molecule has 0 unspecified atom stereocenters. The number of aromatic nitrogens is 3. The summed E-state index contributed by atoms with van der Waals surface area (Å²) in [6.45, 7) is 1.70. The van der Waals surface area contributed by atoms with Crippen LogP contribution < -0.4 is 5.73 Å². The van der Waals surface area contributed by atoms with E-state index in [1.54, 1.807) is 6.20 Å². The fraction of sp³-hybridized carbons (Fsp3) is 0.316. The van der Waals surface area contributed by atoms with Gasteiger partial charge in [0.25, 0.3) is 0 Å². The molecule has 0 radical (unpaired) electrons. The van der Waals surface area contributed by atoms with Gasteiger partial charge in [0.15, 0.2) is 5.71 Å². The molecule has 2 rings (SSSR count). The number of benzene rings is 1. The Morgan fingerprint density at radius 1 is 1.29 bits per heavy atom. The van der Waals surface area contributed by atoms with Gasteiger partial charge in [-0.1, -0.05) is 17.3 Å². The van der Waals surface area contributed by atoms with E-state index in [-0.39, 0.29) is 18.7 Å². The number of carbonyl (C=O) groups is 2. The Labute approximate surface area is 175 Å². The van der Waals surface area contributed by atoms with Crippen LogP contribution in [-0.2, 0) is 20.9 Å². The molecular weight excluding hydrogens is 419 g/mol. The van der Waals surface area contributed by atoms with Gasteiger partial charge in [-0.15, -0.1) is 5.10 Å². The number of alkyl halides is 3. The summed E-state index contributed by atoms with van der Waals surface area (Å²) in [6, 6.07) is 5.64. The van der Waals surface area contributed by atoms with Crippen LogP contribution in [0, 0.1) is 0 Å². The summed E-state index contributed by atoms with van der Waals surface area (Å²) in [5, 5.41) is 16.5. The molecule has 12 heteroatoms. The Kier molecular flexibility index (Phi) is 7.88. The minimum absolute atomic E-state index is 0.00549. The van der Waals surface area contributed by atoms with Gasteiger partial charge in [0.05, 0.1) is 18.5 Å². The number of hydrogen-bond donors (Lipinski definition) is 2. The molecule has 0 bridgehead atoms. The fourth-order valence-electron chi connectivity index (χ4n) is 2.50. The summed E-state index contributed by atoms with van der Waals surface area (Å²) >= 11 is 0. The highest BCUT2D eigenvalue weighted by Crippen LogP contribution is 2.27. The lowest BCUT2D eigenvalue weighted by atomic mass is 10.1. The van der Waals surface area contributed by atoms with Crippen LogP contribution in [0.2, 0.25) is 0 Å². The molecule has 0 spiro atoms. The number of aliphatic imine (C=N–C) groups is 1. The highest BCUT2D eigenvalue weighted by atomic mass is 19.4. The third kappa shape index (κ3) is 6.66. The Bertz CT molecular complexity index is 981. The number of halogens is 3. The van der Waals surface area contributed by atoms with Crippen LogP contribution in [0.4, 0.5) is 18.9 Å². The van der Waals surface area contributed by atoms with Gasteiger partial charge in [0, 0.05) is 24.7 Å². The number of aliphatic carboxylic acids is 1. The first kappa shape index (κ1) is 23.6. The summed E-state index contributed by atoms with van der Waals surface area (Å²) in [7, 11) is 0. The van der Waals surface area contributed by atoms with Gasteiger partial charge in [-0.25, -0.2) is 9.79 Å².